The van der Waals surface area contributed by atoms with Crippen LogP contribution in [0.25, 0.3) is 11.2 Å². The lowest BCUT2D eigenvalue weighted by Crippen LogP contribution is -2.07. The number of nitrogens with two attached hydrogens (primary N) is 1. The number of rotatable bonds is 3. The summed E-state index contributed by atoms with van der Waals surface area (Å²) in [4.78, 5) is 12.9. The highest BCUT2D eigenvalue weighted by molar-refractivity contribution is 5.74. The Morgan fingerprint density at radius 1 is 1.21 bits per heavy atom. The summed E-state index contributed by atoms with van der Waals surface area (Å²) in [7, 11) is 0. The second-order valence-electron chi connectivity index (χ2n) is 4.40. The fraction of sp³-hybridized carbons (Fsp3) is 0.333. The summed E-state index contributed by atoms with van der Waals surface area (Å²) in [6.45, 7) is 4.33. The lowest BCUT2D eigenvalue weighted by Gasteiger charge is -2.03. The number of hydrogen-bond acceptors (Lipinski definition) is 6. The molecule has 0 aromatic carbocycles. The zero-order chi connectivity index (χ0) is 13.4. The van der Waals surface area contributed by atoms with Gasteiger partial charge in [0.15, 0.2) is 11.5 Å². The molecule has 0 amide bonds. The van der Waals surface area contributed by atoms with E-state index in [1.807, 2.05) is 23.6 Å². The Hall–Kier alpha value is -2.44. The molecule has 3 aromatic rings. The molecule has 0 saturated heterocycles. The van der Waals surface area contributed by atoms with Crippen molar-refractivity contribution in [1.29, 1.82) is 0 Å². The zero-order valence-electron chi connectivity index (χ0n) is 10.8. The highest BCUT2D eigenvalue weighted by atomic mass is 16.5. The van der Waals surface area contributed by atoms with Crippen LogP contribution in [0.15, 0.2) is 16.7 Å². The number of anilines is 1. The number of imidazole rings is 1. The van der Waals surface area contributed by atoms with Gasteiger partial charge in [-0.3, -0.25) is 4.57 Å². The maximum atomic E-state index is 5.92. The standard InChI is InChI=1S/C12H14N6O/c1-7-3-4-9-11(14-7)18(12(13)16-9)6-5-10-15-8(2)19-17-10/h3-4H,5-6H2,1-2H3,(H2,13,16). The van der Waals surface area contributed by atoms with Crippen molar-refractivity contribution in [2.24, 2.45) is 0 Å². The summed E-state index contributed by atoms with van der Waals surface area (Å²) in [5.41, 5.74) is 8.44. The molecule has 0 aliphatic rings. The normalized spacial score (nSPS) is 11.3. The van der Waals surface area contributed by atoms with Gasteiger partial charge in [-0.2, -0.15) is 4.98 Å². The van der Waals surface area contributed by atoms with Crippen molar-refractivity contribution in [1.82, 2.24) is 24.7 Å². The van der Waals surface area contributed by atoms with Gasteiger partial charge in [0.05, 0.1) is 0 Å². The maximum Gasteiger partial charge on any atom is 0.223 e. The monoisotopic (exact) mass is 258 g/mol. The van der Waals surface area contributed by atoms with Crippen molar-refractivity contribution in [3.05, 3.63) is 29.5 Å². The molecule has 0 atom stereocenters. The van der Waals surface area contributed by atoms with E-state index in [2.05, 4.69) is 20.1 Å². The first kappa shape index (κ1) is 11.6. The Morgan fingerprint density at radius 2 is 2.05 bits per heavy atom. The molecule has 0 unspecified atom stereocenters. The molecular weight excluding hydrogens is 244 g/mol. The van der Waals surface area contributed by atoms with Crippen LogP contribution in [0.4, 0.5) is 5.95 Å². The molecule has 0 saturated carbocycles. The van der Waals surface area contributed by atoms with Crippen LogP contribution in [-0.2, 0) is 13.0 Å². The van der Waals surface area contributed by atoms with Gasteiger partial charge in [0.25, 0.3) is 0 Å². The van der Waals surface area contributed by atoms with Gasteiger partial charge in [-0.15, -0.1) is 0 Å². The molecule has 0 spiro atoms. The molecular formula is C12H14N6O. The largest absolute Gasteiger partial charge is 0.369 e. The second-order valence-corrected chi connectivity index (χ2v) is 4.40. The molecule has 0 radical (unpaired) electrons. The van der Waals surface area contributed by atoms with Gasteiger partial charge in [-0.25, -0.2) is 9.97 Å². The Kier molecular flexibility index (Phi) is 2.66. The van der Waals surface area contributed by atoms with Crippen LogP contribution >= 0.6 is 0 Å². The molecule has 98 valence electrons. The number of hydrogen-bond donors (Lipinski definition) is 1. The minimum Gasteiger partial charge on any atom is -0.369 e. The second kappa shape index (κ2) is 4.34. The smallest absolute Gasteiger partial charge is 0.223 e. The Bertz CT molecular complexity index is 729. The molecule has 7 nitrogen and oxygen atoms in total. The first-order chi connectivity index (χ1) is 9.13. The maximum absolute atomic E-state index is 5.92. The van der Waals surface area contributed by atoms with Gasteiger partial charge in [0.1, 0.15) is 5.52 Å². The fourth-order valence-electron chi connectivity index (χ4n) is 1.99. The third-order valence-corrected chi connectivity index (χ3v) is 2.89. The van der Waals surface area contributed by atoms with Crippen LogP contribution in [0.5, 0.6) is 0 Å². The summed E-state index contributed by atoms with van der Waals surface area (Å²) in [5.74, 6) is 1.67. The van der Waals surface area contributed by atoms with Crippen LogP contribution in [0.3, 0.4) is 0 Å². The highest BCUT2D eigenvalue weighted by Crippen LogP contribution is 2.16. The van der Waals surface area contributed by atoms with E-state index < -0.39 is 0 Å². The van der Waals surface area contributed by atoms with E-state index in [-0.39, 0.29) is 0 Å². The topological polar surface area (TPSA) is 95.7 Å². The van der Waals surface area contributed by atoms with E-state index in [4.69, 9.17) is 10.3 Å². The predicted octanol–water partition coefficient (Wildman–Crippen LogP) is 1.26. The minimum atomic E-state index is 0.452. The first-order valence-electron chi connectivity index (χ1n) is 6.02. The lowest BCUT2D eigenvalue weighted by atomic mass is 10.3. The van der Waals surface area contributed by atoms with Gasteiger partial charge in [0.2, 0.25) is 11.8 Å². The van der Waals surface area contributed by atoms with Gasteiger partial charge in [-0.05, 0) is 19.1 Å². The fourth-order valence-corrected chi connectivity index (χ4v) is 1.99. The number of fused-ring (bicyclic) bond motifs is 1. The number of aromatic nitrogens is 5. The summed E-state index contributed by atoms with van der Waals surface area (Å²) in [6.07, 6.45) is 0.628. The van der Waals surface area contributed by atoms with Crippen molar-refractivity contribution in [3.8, 4) is 0 Å². The van der Waals surface area contributed by atoms with E-state index in [1.165, 1.54) is 0 Å². The van der Waals surface area contributed by atoms with Crippen molar-refractivity contribution >= 4 is 17.1 Å². The minimum absolute atomic E-state index is 0.452. The summed E-state index contributed by atoms with van der Waals surface area (Å²) >= 11 is 0. The number of pyridine rings is 1. The number of aryl methyl sites for hydroxylation is 4. The quantitative estimate of drug-likeness (QED) is 0.759. The highest BCUT2D eigenvalue weighted by Gasteiger charge is 2.11. The van der Waals surface area contributed by atoms with Crippen molar-refractivity contribution in [2.75, 3.05) is 5.73 Å². The molecule has 3 aromatic heterocycles. The van der Waals surface area contributed by atoms with Crippen LogP contribution in [0, 0.1) is 13.8 Å². The van der Waals surface area contributed by atoms with Crippen molar-refractivity contribution < 1.29 is 4.52 Å². The number of nitrogens with zero attached hydrogens (tertiary/aromatic N) is 5. The van der Waals surface area contributed by atoms with Crippen LogP contribution in [0.1, 0.15) is 17.4 Å². The van der Waals surface area contributed by atoms with E-state index in [1.54, 1.807) is 6.92 Å². The molecule has 0 bridgehead atoms. The average Bonchev–Trinajstić information content (AvgIpc) is 2.90. The Morgan fingerprint density at radius 3 is 2.79 bits per heavy atom. The summed E-state index contributed by atoms with van der Waals surface area (Å²) in [5, 5.41) is 3.86. The van der Waals surface area contributed by atoms with Crippen molar-refractivity contribution in [2.45, 2.75) is 26.8 Å². The Labute approximate surface area is 109 Å². The van der Waals surface area contributed by atoms with E-state index >= 15 is 0 Å². The van der Waals surface area contributed by atoms with Gasteiger partial charge >= 0.3 is 0 Å². The third kappa shape index (κ3) is 2.14. The summed E-state index contributed by atoms with van der Waals surface area (Å²) in [6, 6.07) is 3.84. The lowest BCUT2D eigenvalue weighted by molar-refractivity contribution is 0.386. The average molecular weight is 258 g/mol. The van der Waals surface area contributed by atoms with Crippen LogP contribution < -0.4 is 5.73 Å². The van der Waals surface area contributed by atoms with Crippen LogP contribution in [-0.4, -0.2) is 24.7 Å². The Balaban J connectivity index is 1.91. The molecule has 2 N–H and O–H groups in total. The van der Waals surface area contributed by atoms with E-state index in [9.17, 15) is 0 Å². The summed E-state index contributed by atoms with van der Waals surface area (Å²) < 4.78 is 6.81. The molecule has 0 fully saturated rings. The SMILES string of the molecule is Cc1ccc2nc(N)n(CCc3noc(C)n3)c2n1. The molecule has 0 aliphatic heterocycles. The van der Waals surface area contributed by atoms with E-state index in [0.29, 0.717) is 30.6 Å². The van der Waals surface area contributed by atoms with E-state index in [0.717, 1.165) is 16.9 Å². The van der Waals surface area contributed by atoms with Crippen LogP contribution in [0.2, 0.25) is 0 Å². The molecule has 3 heterocycles. The van der Waals surface area contributed by atoms with Gasteiger partial charge < -0.3 is 10.3 Å². The molecule has 3 rings (SSSR count). The third-order valence-electron chi connectivity index (χ3n) is 2.89. The molecule has 19 heavy (non-hydrogen) atoms. The van der Waals surface area contributed by atoms with Gasteiger partial charge in [-0.1, -0.05) is 5.16 Å². The zero-order valence-corrected chi connectivity index (χ0v) is 10.8. The molecule has 0 aliphatic carbocycles. The first-order valence-corrected chi connectivity index (χ1v) is 6.02. The van der Waals surface area contributed by atoms with Crippen molar-refractivity contribution in [3.63, 3.8) is 0 Å². The predicted molar refractivity (Wildman–Crippen MR) is 69.4 cm³/mol. The molecule has 7 heteroatoms. The number of nitrogen functional groups attached to an aromatic ring is 1. The van der Waals surface area contributed by atoms with Gasteiger partial charge in [0, 0.05) is 25.6 Å².